The van der Waals surface area contributed by atoms with Gasteiger partial charge in [-0.1, -0.05) is 48.0 Å². The molecule has 1 amide bonds. The second kappa shape index (κ2) is 7.24. The predicted molar refractivity (Wildman–Crippen MR) is 105 cm³/mol. The number of nitrogens with zero attached hydrogens (tertiary/aromatic N) is 1. The van der Waals surface area contributed by atoms with Gasteiger partial charge >= 0.3 is 0 Å². The summed E-state index contributed by atoms with van der Waals surface area (Å²) in [6.07, 6.45) is 3.88. The summed E-state index contributed by atoms with van der Waals surface area (Å²) < 4.78 is 0. The van der Waals surface area contributed by atoms with Crippen LogP contribution in [0.4, 0.5) is 0 Å². The molecule has 1 aliphatic heterocycles. The van der Waals surface area contributed by atoms with Crippen LogP contribution in [0.3, 0.4) is 0 Å². The normalized spacial score (nSPS) is 22.4. The molecule has 0 fully saturated rings. The first-order valence-electron chi connectivity index (χ1n) is 9.73. The molecule has 1 unspecified atom stereocenters. The lowest BCUT2D eigenvalue weighted by molar-refractivity contribution is -0.125. The van der Waals surface area contributed by atoms with Crippen molar-refractivity contribution in [1.29, 1.82) is 0 Å². The van der Waals surface area contributed by atoms with Gasteiger partial charge in [0.2, 0.25) is 5.91 Å². The molecule has 26 heavy (non-hydrogen) atoms. The van der Waals surface area contributed by atoms with Crippen LogP contribution in [0.15, 0.2) is 42.5 Å². The van der Waals surface area contributed by atoms with Crippen molar-refractivity contribution in [3.63, 3.8) is 0 Å². The highest BCUT2D eigenvalue weighted by Crippen LogP contribution is 2.26. The lowest BCUT2D eigenvalue weighted by atomic mass is 9.83. The number of carbonyl (C=O) groups is 1. The largest absolute Gasteiger partial charge is 0.354 e. The summed E-state index contributed by atoms with van der Waals surface area (Å²) in [6.45, 7) is 3.85. The molecule has 2 aromatic rings. The highest BCUT2D eigenvalue weighted by Gasteiger charge is 2.27. The third-order valence-corrected chi connectivity index (χ3v) is 6.09. The van der Waals surface area contributed by atoms with Gasteiger partial charge in [-0.3, -0.25) is 9.69 Å². The zero-order valence-electron chi connectivity index (χ0n) is 15.8. The van der Waals surface area contributed by atoms with Gasteiger partial charge in [0.1, 0.15) is 0 Å². The number of aryl methyl sites for hydroxylation is 2. The van der Waals surface area contributed by atoms with Gasteiger partial charge in [-0.15, -0.1) is 0 Å². The van der Waals surface area contributed by atoms with Gasteiger partial charge < -0.3 is 5.32 Å². The third-order valence-electron chi connectivity index (χ3n) is 6.09. The molecule has 4 rings (SSSR count). The maximum absolute atomic E-state index is 12.7. The van der Waals surface area contributed by atoms with Crippen molar-refractivity contribution in [2.45, 2.75) is 45.2 Å². The number of carbonyl (C=O) groups excluding carboxylic acids is 1. The lowest BCUT2D eigenvalue weighted by Gasteiger charge is -2.35. The Labute approximate surface area is 156 Å². The highest BCUT2D eigenvalue weighted by molar-refractivity contribution is 5.79. The molecule has 1 N–H and O–H groups in total. The van der Waals surface area contributed by atoms with E-state index in [1.807, 2.05) is 0 Å². The summed E-state index contributed by atoms with van der Waals surface area (Å²) in [5.41, 5.74) is 6.93. The number of fused-ring (bicyclic) bond motifs is 2. The SMILES string of the molecule is Cc1ccc2c(c1)C[C@H](CNC(=O)C1CCc3ccccc3C1)N(C)C2. The fourth-order valence-electron chi connectivity index (χ4n) is 4.42. The van der Waals surface area contributed by atoms with Crippen molar-refractivity contribution in [3.05, 3.63) is 70.3 Å². The van der Waals surface area contributed by atoms with Gasteiger partial charge in [0.05, 0.1) is 0 Å². The average Bonchev–Trinajstić information content (AvgIpc) is 2.66. The van der Waals surface area contributed by atoms with Crippen molar-refractivity contribution in [2.24, 2.45) is 5.92 Å². The molecule has 2 aromatic carbocycles. The second-order valence-electron chi connectivity index (χ2n) is 8.00. The maximum atomic E-state index is 12.7. The van der Waals surface area contributed by atoms with Crippen LogP contribution >= 0.6 is 0 Å². The average molecular weight is 348 g/mol. The number of hydrogen-bond donors (Lipinski definition) is 1. The Hall–Kier alpha value is -2.13. The Morgan fingerprint density at radius 3 is 2.73 bits per heavy atom. The van der Waals surface area contributed by atoms with Crippen LogP contribution in [0.2, 0.25) is 0 Å². The zero-order valence-corrected chi connectivity index (χ0v) is 15.8. The van der Waals surface area contributed by atoms with Crippen molar-refractivity contribution in [2.75, 3.05) is 13.6 Å². The molecule has 2 aliphatic rings. The standard InChI is InChI=1S/C23H28N2O/c1-16-7-8-20-15-25(2)22(13-21(20)11-16)14-24-23(26)19-10-9-17-5-3-4-6-18(17)12-19/h3-8,11,19,22H,9-10,12-15H2,1-2H3,(H,24,26)/t19?,22-/m1/s1. The third kappa shape index (κ3) is 3.54. The van der Waals surface area contributed by atoms with E-state index < -0.39 is 0 Å². The highest BCUT2D eigenvalue weighted by atomic mass is 16.1. The molecule has 0 aromatic heterocycles. The topological polar surface area (TPSA) is 32.3 Å². The number of benzene rings is 2. The van der Waals surface area contributed by atoms with Crippen LogP contribution in [0.5, 0.6) is 0 Å². The second-order valence-corrected chi connectivity index (χ2v) is 8.00. The van der Waals surface area contributed by atoms with E-state index >= 15 is 0 Å². The number of rotatable bonds is 3. The Balaban J connectivity index is 1.36. The fourth-order valence-corrected chi connectivity index (χ4v) is 4.42. The first kappa shape index (κ1) is 17.3. The Kier molecular flexibility index (Phi) is 4.82. The van der Waals surface area contributed by atoms with Crippen molar-refractivity contribution >= 4 is 5.91 Å². The molecule has 1 heterocycles. The van der Waals surface area contributed by atoms with Crippen LogP contribution in [0.1, 0.15) is 34.2 Å². The maximum Gasteiger partial charge on any atom is 0.223 e. The minimum atomic E-state index is 0.119. The molecule has 1 aliphatic carbocycles. The van der Waals surface area contributed by atoms with Crippen LogP contribution in [0.25, 0.3) is 0 Å². The molecular weight excluding hydrogens is 320 g/mol. The van der Waals surface area contributed by atoms with Gasteiger partial charge in [0, 0.05) is 25.0 Å². The molecule has 0 radical (unpaired) electrons. The molecule has 2 atom stereocenters. The molecule has 136 valence electrons. The number of hydrogen-bond acceptors (Lipinski definition) is 2. The van der Waals surface area contributed by atoms with Crippen LogP contribution in [-0.4, -0.2) is 30.4 Å². The van der Waals surface area contributed by atoms with E-state index in [1.54, 1.807) is 0 Å². The molecule has 0 saturated carbocycles. The first-order valence-corrected chi connectivity index (χ1v) is 9.73. The van der Waals surface area contributed by atoms with Gasteiger partial charge in [-0.2, -0.15) is 0 Å². The van der Waals surface area contributed by atoms with Gasteiger partial charge in [0.25, 0.3) is 0 Å². The van der Waals surface area contributed by atoms with Crippen LogP contribution < -0.4 is 5.32 Å². The number of likely N-dealkylation sites (N-methyl/N-ethyl adjacent to an activating group) is 1. The molecule has 0 saturated heterocycles. The van der Waals surface area contributed by atoms with E-state index in [0.717, 1.165) is 38.8 Å². The predicted octanol–water partition coefficient (Wildman–Crippen LogP) is 3.27. The summed E-state index contributed by atoms with van der Waals surface area (Å²) >= 11 is 0. The minimum absolute atomic E-state index is 0.119. The fraction of sp³-hybridized carbons (Fsp3) is 0.435. The summed E-state index contributed by atoms with van der Waals surface area (Å²) in [4.78, 5) is 15.1. The van der Waals surface area contributed by atoms with E-state index in [1.165, 1.54) is 27.8 Å². The van der Waals surface area contributed by atoms with E-state index in [-0.39, 0.29) is 11.8 Å². The number of nitrogens with one attached hydrogen (secondary N) is 1. The molecule has 3 heteroatoms. The zero-order chi connectivity index (χ0) is 18.1. The minimum Gasteiger partial charge on any atom is -0.354 e. The summed E-state index contributed by atoms with van der Waals surface area (Å²) in [7, 11) is 2.16. The van der Waals surface area contributed by atoms with Crippen LogP contribution in [0, 0.1) is 12.8 Å². The summed E-state index contributed by atoms with van der Waals surface area (Å²) in [5, 5.41) is 3.25. The van der Waals surface area contributed by atoms with E-state index in [0.29, 0.717) is 6.04 Å². The number of amides is 1. The van der Waals surface area contributed by atoms with Gasteiger partial charge in [-0.05, 0) is 61.9 Å². The van der Waals surface area contributed by atoms with Gasteiger partial charge in [0.15, 0.2) is 0 Å². The Bertz CT molecular complexity index is 814. The van der Waals surface area contributed by atoms with Crippen molar-refractivity contribution < 1.29 is 4.79 Å². The van der Waals surface area contributed by atoms with Crippen molar-refractivity contribution in [3.8, 4) is 0 Å². The van der Waals surface area contributed by atoms with E-state index in [2.05, 4.69) is 66.7 Å². The van der Waals surface area contributed by atoms with Crippen molar-refractivity contribution in [1.82, 2.24) is 10.2 Å². The summed E-state index contributed by atoms with van der Waals surface area (Å²) in [5.74, 6) is 0.344. The Morgan fingerprint density at radius 1 is 1.08 bits per heavy atom. The summed E-state index contributed by atoms with van der Waals surface area (Å²) in [6, 6.07) is 15.7. The molecule has 0 bridgehead atoms. The van der Waals surface area contributed by atoms with E-state index in [4.69, 9.17) is 0 Å². The molecule has 0 spiro atoms. The Morgan fingerprint density at radius 2 is 1.88 bits per heavy atom. The monoisotopic (exact) mass is 348 g/mol. The van der Waals surface area contributed by atoms with E-state index in [9.17, 15) is 4.79 Å². The van der Waals surface area contributed by atoms with Crippen LogP contribution in [-0.2, 0) is 30.6 Å². The molecule has 3 nitrogen and oxygen atoms in total. The smallest absolute Gasteiger partial charge is 0.223 e. The quantitative estimate of drug-likeness (QED) is 0.923. The van der Waals surface area contributed by atoms with Gasteiger partial charge in [-0.25, -0.2) is 0 Å². The molecular formula is C23H28N2O. The first-order chi connectivity index (χ1) is 12.6. The lowest BCUT2D eigenvalue weighted by Crippen LogP contribution is -2.47.